The number of piperazine rings is 1. The molecule has 4 aromatic rings. The number of carbonyl (C=O) groups excluding carboxylic acids is 1. The molecule has 0 unspecified atom stereocenters. The fraction of sp³-hybridized carbons (Fsp3) is 0.185. The van der Waals surface area contributed by atoms with Crippen LogP contribution in [0.4, 0.5) is 20.2 Å². The molecule has 1 saturated heterocycles. The maximum absolute atomic E-state index is 14.2. The van der Waals surface area contributed by atoms with Gasteiger partial charge in [-0.05, 0) is 36.4 Å². The summed E-state index contributed by atoms with van der Waals surface area (Å²) in [4.78, 5) is 27.6. The Morgan fingerprint density at radius 2 is 1.56 bits per heavy atom. The number of nitrogens with zero attached hydrogens (tertiary/aromatic N) is 3. The van der Waals surface area contributed by atoms with E-state index in [-0.39, 0.29) is 58.4 Å². The van der Waals surface area contributed by atoms with Crippen LogP contribution < -0.4 is 15.8 Å². The fourth-order valence-electron chi connectivity index (χ4n) is 4.58. The first-order valence-corrected chi connectivity index (χ1v) is 13.8. The molecule has 12 heteroatoms. The van der Waals surface area contributed by atoms with E-state index in [2.05, 4.69) is 5.32 Å². The van der Waals surface area contributed by atoms with Crippen molar-refractivity contribution in [1.29, 1.82) is 0 Å². The SMILES string of the molecule is O=C(Cn1cc(S(=O)(=O)N2CCN(c3ccccc3F)CC2)c2ccccc2c1=O)Nc1ccc(F)c(Cl)c1. The molecule has 0 radical (unpaired) electrons. The van der Waals surface area contributed by atoms with Gasteiger partial charge in [0.1, 0.15) is 23.1 Å². The van der Waals surface area contributed by atoms with Gasteiger partial charge in [0.2, 0.25) is 15.9 Å². The number of anilines is 2. The molecule has 0 aliphatic carbocycles. The second kappa shape index (κ2) is 10.8. The van der Waals surface area contributed by atoms with E-state index in [9.17, 15) is 26.8 Å². The van der Waals surface area contributed by atoms with Crippen molar-refractivity contribution in [1.82, 2.24) is 8.87 Å². The lowest BCUT2D eigenvalue weighted by Gasteiger charge is -2.35. The third-order valence-electron chi connectivity index (χ3n) is 6.52. The number of nitrogens with one attached hydrogen (secondary N) is 1. The van der Waals surface area contributed by atoms with E-state index in [1.807, 2.05) is 0 Å². The standard InChI is InChI=1S/C27H23ClF2N4O4S/c28-21-15-18(9-10-22(21)29)31-26(35)17-33-16-25(19-5-1-2-6-20(19)27(33)36)39(37,38)34-13-11-32(12-14-34)24-8-4-3-7-23(24)30/h1-10,15-16H,11-14,17H2,(H,31,35). The van der Waals surface area contributed by atoms with E-state index in [0.29, 0.717) is 5.69 Å². The largest absolute Gasteiger partial charge is 0.367 e. The quantitative estimate of drug-likeness (QED) is 0.376. The summed E-state index contributed by atoms with van der Waals surface area (Å²) in [5, 5.41) is 2.73. The molecular formula is C27H23ClF2N4O4S. The zero-order chi connectivity index (χ0) is 27.7. The topological polar surface area (TPSA) is 91.7 Å². The highest BCUT2D eigenvalue weighted by Gasteiger charge is 2.31. The number of fused-ring (bicyclic) bond motifs is 1. The van der Waals surface area contributed by atoms with Gasteiger partial charge in [0.05, 0.1) is 10.7 Å². The highest BCUT2D eigenvalue weighted by Crippen LogP contribution is 2.27. The van der Waals surface area contributed by atoms with Crippen molar-refractivity contribution in [2.45, 2.75) is 11.4 Å². The third-order valence-corrected chi connectivity index (χ3v) is 8.74. The van der Waals surface area contributed by atoms with Crippen molar-refractivity contribution < 1.29 is 22.0 Å². The van der Waals surface area contributed by atoms with Gasteiger partial charge in [-0.2, -0.15) is 4.31 Å². The predicted molar refractivity (Wildman–Crippen MR) is 146 cm³/mol. The molecule has 1 fully saturated rings. The Morgan fingerprint density at radius 1 is 0.897 bits per heavy atom. The zero-order valence-electron chi connectivity index (χ0n) is 20.5. The molecule has 0 spiro atoms. The summed E-state index contributed by atoms with van der Waals surface area (Å²) in [5.74, 6) is -1.66. The van der Waals surface area contributed by atoms with Crippen LogP contribution in [0.15, 0.2) is 82.6 Å². The van der Waals surface area contributed by atoms with E-state index in [0.717, 1.165) is 10.6 Å². The average molecular weight is 573 g/mol. The van der Waals surface area contributed by atoms with Gasteiger partial charge in [0, 0.05) is 48.8 Å². The van der Waals surface area contributed by atoms with Gasteiger partial charge in [-0.25, -0.2) is 17.2 Å². The van der Waals surface area contributed by atoms with Gasteiger partial charge in [-0.15, -0.1) is 0 Å². The summed E-state index contributed by atoms with van der Waals surface area (Å²) in [7, 11) is -4.09. The van der Waals surface area contributed by atoms with E-state index in [1.54, 1.807) is 41.3 Å². The lowest BCUT2D eigenvalue weighted by Crippen LogP contribution is -2.49. The molecule has 39 heavy (non-hydrogen) atoms. The van der Waals surface area contributed by atoms with Crippen molar-refractivity contribution in [3.8, 4) is 0 Å². The molecule has 2 heterocycles. The van der Waals surface area contributed by atoms with Crippen LogP contribution in [0.5, 0.6) is 0 Å². The molecule has 1 aliphatic heterocycles. The van der Waals surface area contributed by atoms with Crippen LogP contribution in [-0.4, -0.2) is 49.4 Å². The maximum atomic E-state index is 14.2. The minimum Gasteiger partial charge on any atom is -0.367 e. The smallest absolute Gasteiger partial charge is 0.258 e. The Kier molecular flexibility index (Phi) is 7.39. The number of carbonyl (C=O) groups is 1. The van der Waals surface area contributed by atoms with E-state index >= 15 is 0 Å². The number of hydrogen-bond acceptors (Lipinski definition) is 5. The number of amides is 1. The molecule has 0 saturated carbocycles. The second-order valence-electron chi connectivity index (χ2n) is 8.99. The molecule has 1 amide bonds. The molecule has 0 bridgehead atoms. The average Bonchev–Trinajstić information content (AvgIpc) is 2.92. The third kappa shape index (κ3) is 5.38. The number of para-hydroxylation sites is 1. The molecule has 3 aromatic carbocycles. The molecule has 8 nitrogen and oxygen atoms in total. The van der Waals surface area contributed by atoms with Gasteiger partial charge in [0.15, 0.2) is 0 Å². The lowest BCUT2D eigenvalue weighted by atomic mass is 10.2. The fourth-order valence-corrected chi connectivity index (χ4v) is 6.40. The van der Waals surface area contributed by atoms with E-state index in [4.69, 9.17) is 11.6 Å². The monoisotopic (exact) mass is 572 g/mol. The van der Waals surface area contributed by atoms with Crippen LogP contribution >= 0.6 is 11.6 Å². The Balaban J connectivity index is 1.43. The van der Waals surface area contributed by atoms with Crippen LogP contribution in [0.25, 0.3) is 10.8 Å². The Labute approximate surface area is 228 Å². The van der Waals surface area contributed by atoms with Crippen LogP contribution in [0.3, 0.4) is 0 Å². The summed E-state index contributed by atoms with van der Waals surface area (Å²) in [6, 6.07) is 16.2. The molecule has 1 aliphatic rings. The minimum atomic E-state index is -4.09. The maximum Gasteiger partial charge on any atom is 0.258 e. The van der Waals surface area contributed by atoms with Crippen molar-refractivity contribution in [2.24, 2.45) is 0 Å². The van der Waals surface area contributed by atoms with Crippen molar-refractivity contribution >= 4 is 49.7 Å². The first-order chi connectivity index (χ1) is 18.6. The highest BCUT2D eigenvalue weighted by molar-refractivity contribution is 7.89. The van der Waals surface area contributed by atoms with Crippen molar-refractivity contribution in [3.05, 3.63) is 99.9 Å². The Hall–Kier alpha value is -3.80. The molecule has 1 aromatic heterocycles. The highest BCUT2D eigenvalue weighted by atomic mass is 35.5. The molecule has 5 rings (SSSR count). The second-order valence-corrected chi connectivity index (χ2v) is 11.3. The van der Waals surface area contributed by atoms with Gasteiger partial charge in [0.25, 0.3) is 5.56 Å². The van der Waals surface area contributed by atoms with Crippen LogP contribution in [0, 0.1) is 11.6 Å². The Morgan fingerprint density at radius 3 is 2.26 bits per heavy atom. The number of hydrogen-bond donors (Lipinski definition) is 1. The summed E-state index contributed by atoms with van der Waals surface area (Å²) in [5.41, 5.74) is 0.0871. The summed E-state index contributed by atoms with van der Waals surface area (Å²) < 4.78 is 57.6. The summed E-state index contributed by atoms with van der Waals surface area (Å²) >= 11 is 5.77. The number of halogens is 3. The minimum absolute atomic E-state index is 0.107. The Bertz CT molecular complexity index is 1740. The number of aromatic nitrogens is 1. The van der Waals surface area contributed by atoms with Crippen LogP contribution in [0.1, 0.15) is 0 Å². The van der Waals surface area contributed by atoms with Crippen molar-refractivity contribution in [3.63, 3.8) is 0 Å². The molecule has 1 N–H and O–H groups in total. The first-order valence-electron chi connectivity index (χ1n) is 12.0. The molecular weight excluding hydrogens is 550 g/mol. The van der Waals surface area contributed by atoms with Gasteiger partial charge >= 0.3 is 0 Å². The summed E-state index contributed by atoms with van der Waals surface area (Å²) in [6.45, 7) is 0.287. The van der Waals surface area contributed by atoms with E-state index in [1.165, 1.54) is 34.8 Å². The van der Waals surface area contributed by atoms with Gasteiger partial charge < -0.3 is 14.8 Å². The number of pyridine rings is 1. The number of rotatable bonds is 6. The van der Waals surface area contributed by atoms with Crippen molar-refractivity contribution in [2.75, 3.05) is 36.4 Å². The van der Waals surface area contributed by atoms with Crippen LogP contribution in [-0.2, 0) is 21.4 Å². The normalized spacial score (nSPS) is 14.5. The van der Waals surface area contributed by atoms with Gasteiger partial charge in [-0.3, -0.25) is 9.59 Å². The summed E-state index contributed by atoms with van der Waals surface area (Å²) in [6.07, 6.45) is 1.17. The van der Waals surface area contributed by atoms with Gasteiger partial charge in [-0.1, -0.05) is 41.9 Å². The predicted octanol–water partition coefficient (Wildman–Crippen LogP) is 4.08. The van der Waals surface area contributed by atoms with E-state index < -0.39 is 33.9 Å². The number of benzene rings is 3. The van der Waals surface area contributed by atoms with Crippen LogP contribution in [0.2, 0.25) is 5.02 Å². The lowest BCUT2D eigenvalue weighted by molar-refractivity contribution is -0.116. The first kappa shape index (κ1) is 26.8. The molecule has 202 valence electrons. The molecule has 0 atom stereocenters. The number of sulfonamides is 1. The zero-order valence-corrected chi connectivity index (χ0v) is 22.1.